The minimum atomic E-state index is -0.0159. The van der Waals surface area contributed by atoms with Gasteiger partial charge < -0.3 is 5.32 Å². The molecule has 0 aliphatic rings. The largest absolute Gasteiger partial charge is 0.309 e. The van der Waals surface area contributed by atoms with Crippen LogP contribution in [0.2, 0.25) is 0 Å². The van der Waals surface area contributed by atoms with E-state index in [9.17, 15) is 4.79 Å². The zero-order valence-corrected chi connectivity index (χ0v) is 10.6. The summed E-state index contributed by atoms with van der Waals surface area (Å²) in [5.41, 5.74) is 2.10. The van der Waals surface area contributed by atoms with Crippen molar-refractivity contribution in [1.29, 1.82) is 0 Å². The highest BCUT2D eigenvalue weighted by Gasteiger charge is 2.11. The molecule has 1 amide bonds. The molecule has 2 N–H and O–H groups in total. The summed E-state index contributed by atoms with van der Waals surface area (Å²) in [4.78, 5) is 11.8. The number of aromatic amines is 1. The zero-order valence-electron chi connectivity index (χ0n) is 10.6. The Bertz CT molecular complexity index is 519. The van der Waals surface area contributed by atoms with Gasteiger partial charge in [0, 0.05) is 18.2 Å². The summed E-state index contributed by atoms with van der Waals surface area (Å²) in [6, 6.07) is 11.8. The predicted octanol–water partition coefficient (Wildman–Crippen LogP) is 2.85. The molecule has 2 aromatic rings. The third-order valence-corrected chi connectivity index (χ3v) is 2.83. The molecular weight excluding hydrogens is 226 g/mol. The summed E-state index contributed by atoms with van der Waals surface area (Å²) in [7, 11) is 0. The Hall–Kier alpha value is -2.10. The molecule has 0 fully saturated rings. The Morgan fingerprint density at radius 3 is 2.72 bits per heavy atom. The van der Waals surface area contributed by atoms with E-state index < -0.39 is 0 Å². The molecule has 18 heavy (non-hydrogen) atoms. The van der Waals surface area contributed by atoms with E-state index in [0.29, 0.717) is 12.2 Å². The van der Waals surface area contributed by atoms with Crippen molar-refractivity contribution in [2.75, 3.05) is 5.32 Å². The lowest BCUT2D eigenvalue weighted by atomic mass is 9.98. The van der Waals surface area contributed by atoms with Crippen LogP contribution in [-0.4, -0.2) is 16.1 Å². The molecular formula is C14H17N3O. The second kappa shape index (κ2) is 5.49. The summed E-state index contributed by atoms with van der Waals surface area (Å²) in [5.74, 6) is 0.766. The molecule has 0 spiro atoms. The van der Waals surface area contributed by atoms with E-state index in [1.165, 1.54) is 5.56 Å². The van der Waals surface area contributed by atoms with Gasteiger partial charge in [-0.15, -0.1) is 0 Å². The van der Waals surface area contributed by atoms with Gasteiger partial charge in [0.15, 0.2) is 5.82 Å². The van der Waals surface area contributed by atoms with E-state index in [2.05, 4.69) is 15.5 Å². The van der Waals surface area contributed by atoms with Crippen LogP contribution in [0.4, 0.5) is 5.82 Å². The molecule has 94 valence electrons. The first kappa shape index (κ1) is 12.4. The van der Waals surface area contributed by atoms with Gasteiger partial charge >= 0.3 is 0 Å². The standard InChI is InChI=1S/C14H17N3O/c1-10(12-6-4-3-5-7-12)8-14(18)15-13-9-11(2)16-17-13/h3-7,9-10H,8H2,1-2H3,(H2,15,16,17,18)/t10-/m0/s1. The average Bonchev–Trinajstić information content (AvgIpc) is 2.75. The Morgan fingerprint density at radius 2 is 2.11 bits per heavy atom. The molecule has 4 heteroatoms. The Balaban J connectivity index is 1.92. The van der Waals surface area contributed by atoms with Gasteiger partial charge in [-0.1, -0.05) is 37.3 Å². The van der Waals surface area contributed by atoms with Crippen LogP contribution in [0.15, 0.2) is 36.4 Å². The SMILES string of the molecule is Cc1cc(NC(=O)C[C@H](C)c2ccccc2)n[nH]1. The van der Waals surface area contributed by atoms with Gasteiger partial charge in [0.2, 0.25) is 5.91 Å². The first-order valence-corrected chi connectivity index (χ1v) is 6.02. The Kier molecular flexibility index (Phi) is 3.77. The molecule has 1 atom stereocenters. The molecule has 0 aliphatic heterocycles. The number of amides is 1. The number of hydrogen-bond acceptors (Lipinski definition) is 2. The smallest absolute Gasteiger partial charge is 0.226 e. The number of carbonyl (C=O) groups is 1. The maximum atomic E-state index is 11.8. The maximum Gasteiger partial charge on any atom is 0.226 e. The number of benzene rings is 1. The van der Waals surface area contributed by atoms with Gasteiger partial charge in [-0.05, 0) is 18.4 Å². The molecule has 4 nitrogen and oxygen atoms in total. The number of aromatic nitrogens is 2. The number of carbonyl (C=O) groups excluding carboxylic acids is 1. The molecule has 0 radical (unpaired) electrons. The average molecular weight is 243 g/mol. The molecule has 1 heterocycles. The minimum absolute atomic E-state index is 0.0159. The molecule has 0 saturated heterocycles. The Labute approximate surface area is 106 Å². The highest BCUT2D eigenvalue weighted by Crippen LogP contribution is 2.19. The van der Waals surface area contributed by atoms with Crippen LogP contribution in [0, 0.1) is 6.92 Å². The van der Waals surface area contributed by atoms with Crippen LogP contribution in [0.25, 0.3) is 0 Å². The van der Waals surface area contributed by atoms with Crippen molar-refractivity contribution in [1.82, 2.24) is 10.2 Å². The lowest BCUT2D eigenvalue weighted by Gasteiger charge is -2.10. The van der Waals surface area contributed by atoms with Crippen molar-refractivity contribution in [2.45, 2.75) is 26.2 Å². The van der Waals surface area contributed by atoms with Crippen molar-refractivity contribution in [3.8, 4) is 0 Å². The number of nitrogens with one attached hydrogen (secondary N) is 2. The summed E-state index contributed by atoms with van der Waals surface area (Å²) in [5, 5.41) is 9.56. The van der Waals surface area contributed by atoms with Gasteiger partial charge in [0.25, 0.3) is 0 Å². The van der Waals surface area contributed by atoms with Gasteiger partial charge in [-0.25, -0.2) is 0 Å². The van der Waals surface area contributed by atoms with Gasteiger partial charge in [-0.2, -0.15) is 5.10 Å². The third-order valence-electron chi connectivity index (χ3n) is 2.83. The third kappa shape index (κ3) is 3.20. The zero-order chi connectivity index (χ0) is 13.0. The molecule has 0 aliphatic carbocycles. The number of aryl methyl sites for hydroxylation is 1. The number of H-pyrrole nitrogens is 1. The first-order valence-electron chi connectivity index (χ1n) is 6.02. The number of hydrogen-bond donors (Lipinski definition) is 2. The fourth-order valence-electron chi connectivity index (χ4n) is 1.85. The first-order chi connectivity index (χ1) is 8.65. The molecule has 0 saturated carbocycles. The van der Waals surface area contributed by atoms with E-state index in [4.69, 9.17) is 0 Å². The quantitative estimate of drug-likeness (QED) is 0.867. The van der Waals surface area contributed by atoms with Gasteiger partial charge in [0.05, 0.1) is 0 Å². The van der Waals surface area contributed by atoms with E-state index in [-0.39, 0.29) is 11.8 Å². The van der Waals surface area contributed by atoms with E-state index >= 15 is 0 Å². The van der Waals surface area contributed by atoms with Crippen molar-refractivity contribution in [3.63, 3.8) is 0 Å². The second-order valence-electron chi connectivity index (χ2n) is 4.50. The van der Waals surface area contributed by atoms with E-state index in [0.717, 1.165) is 5.69 Å². The highest BCUT2D eigenvalue weighted by atomic mass is 16.1. The van der Waals surface area contributed by atoms with Crippen LogP contribution in [0.5, 0.6) is 0 Å². The minimum Gasteiger partial charge on any atom is -0.309 e. The van der Waals surface area contributed by atoms with Crippen molar-refractivity contribution in [3.05, 3.63) is 47.7 Å². The van der Waals surface area contributed by atoms with Crippen LogP contribution in [0.1, 0.15) is 30.5 Å². The highest BCUT2D eigenvalue weighted by molar-refractivity contribution is 5.90. The number of rotatable bonds is 4. The van der Waals surface area contributed by atoms with Crippen molar-refractivity contribution in [2.24, 2.45) is 0 Å². The van der Waals surface area contributed by atoms with Crippen LogP contribution in [-0.2, 0) is 4.79 Å². The fraction of sp³-hybridized carbons (Fsp3) is 0.286. The van der Waals surface area contributed by atoms with Crippen LogP contribution in [0.3, 0.4) is 0 Å². The van der Waals surface area contributed by atoms with Crippen molar-refractivity contribution >= 4 is 11.7 Å². The predicted molar refractivity (Wildman–Crippen MR) is 71.4 cm³/mol. The lowest BCUT2D eigenvalue weighted by molar-refractivity contribution is -0.116. The lowest BCUT2D eigenvalue weighted by Crippen LogP contribution is -2.14. The monoisotopic (exact) mass is 243 g/mol. The molecule has 2 rings (SSSR count). The molecule has 1 aromatic carbocycles. The second-order valence-corrected chi connectivity index (χ2v) is 4.50. The topological polar surface area (TPSA) is 57.8 Å². The number of nitrogens with zero attached hydrogens (tertiary/aromatic N) is 1. The number of anilines is 1. The normalized spacial score (nSPS) is 12.1. The van der Waals surface area contributed by atoms with E-state index in [1.54, 1.807) is 0 Å². The summed E-state index contributed by atoms with van der Waals surface area (Å²) in [6.07, 6.45) is 0.454. The van der Waals surface area contributed by atoms with Crippen LogP contribution >= 0.6 is 0 Å². The Morgan fingerprint density at radius 1 is 1.39 bits per heavy atom. The maximum absolute atomic E-state index is 11.8. The molecule has 0 unspecified atom stereocenters. The summed E-state index contributed by atoms with van der Waals surface area (Å²) in [6.45, 7) is 3.94. The summed E-state index contributed by atoms with van der Waals surface area (Å²) < 4.78 is 0. The van der Waals surface area contributed by atoms with Crippen LogP contribution < -0.4 is 5.32 Å². The molecule has 1 aromatic heterocycles. The molecule has 0 bridgehead atoms. The fourth-order valence-corrected chi connectivity index (χ4v) is 1.85. The van der Waals surface area contributed by atoms with Gasteiger partial charge in [-0.3, -0.25) is 9.89 Å². The van der Waals surface area contributed by atoms with Crippen molar-refractivity contribution < 1.29 is 4.79 Å². The summed E-state index contributed by atoms with van der Waals surface area (Å²) >= 11 is 0. The van der Waals surface area contributed by atoms with E-state index in [1.807, 2.05) is 50.2 Å². The van der Waals surface area contributed by atoms with Gasteiger partial charge in [0.1, 0.15) is 0 Å².